The van der Waals surface area contributed by atoms with Gasteiger partial charge in [-0.25, -0.2) is 17.2 Å². The van der Waals surface area contributed by atoms with Crippen LogP contribution in [0.1, 0.15) is 51.4 Å². The first-order chi connectivity index (χ1) is 7.42. The van der Waals surface area contributed by atoms with E-state index in [9.17, 15) is 21.8 Å². The Bertz CT molecular complexity index is 258. The second-order valence-electron chi connectivity index (χ2n) is 3.92. The number of rotatable bonds is 10. The molecular formula is C10H19F2NaO3S. The van der Waals surface area contributed by atoms with E-state index in [0.29, 0.717) is 12.8 Å². The minimum absolute atomic E-state index is 0. The predicted octanol–water partition coefficient (Wildman–Crippen LogP) is -0.0785. The van der Waals surface area contributed by atoms with E-state index in [4.69, 9.17) is 0 Å². The van der Waals surface area contributed by atoms with Crippen molar-refractivity contribution in [1.82, 2.24) is 0 Å². The van der Waals surface area contributed by atoms with Gasteiger partial charge in [0.2, 0.25) is 6.43 Å². The molecule has 0 N–H and O–H groups in total. The van der Waals surface area contributed by atoms with E-state index in [-0.39, 0.29) is 41.7 Å². The Morgan fingerprint density at radius 2 is 1.29 bits per heavy atom. The first kappa shape index (κ1) is 20.1. The fourth-order valence-corrected chi connectivity index (χ4v) is 2.02. The number of unbranched alkanes of at least 4 members (excludes halogenated alkanes) is 6. The monoisotopic (exact) mass is 280 g/mol. The second-order valence-corrected chi connectivity index (χ2v) is 5.44. The normalized spacial score (nSPS) is 11.5. The van der Waals surface area contributed by atoms with E-state index >= 15 is 0 Å². The molecule has 0 atom stereocenters. The zero-order valence-electron chi connectivity index (χ0n) is 10.3. The Morgan fingerprint density at radius 3 is 1.71 bits per heavy atom. The first-order valence-corrected chi connectivity index (χ1v) is 7.21. The molecule has 7 heteroatoms. The van der Waals surface area contributed by atoms with Crippen LogP contribution in [0.3, 0.4) is 0 Å². The molecule has 0 radical (unpaired) electrons. The average molecular weight is 280 g/mol. The van der Waals surface area contributed by atoms with Gasteiger partial charge in [0.05, 0.1) is 10.1 Å². The summed E-state index contributed by atoms with van der Waals surface area (Å²) in [6.07, 6.45) is 2.91. The Hall–Kier alpha value is 0.770. The van der Waals surface area contributed by atoms with Gasteiger partial charge < -0.3 is 4.55 Å². The van der Waals surface area contributed by atoms with Crippen LogP contribution < -0.4 is 29.6 Å². The molecule has 0 aromatic heterocycles. The van der Waals surface area contributed by atoms with Crippen LogP contribution in [0, 0.1) is 0 Å². The molecule has 0 aliphatic rings. The minimum atomic E-state index is -4.07. The molecule has 0 bridgehead atoms. The van der Waals surface area contributed by atoms with Gasteiger partial charge in [-0.1, -0.05) is 32.1 Å². The quantitative estimate of drug-likeness (QED) is 0.319. The van der Waals surface area contributed by atoms with E-state index in [1.165, 1.54) is 0 Å². The molecule has 0 unspecified atom stereocenters. The molecule has 0 aromatic rings. The van der Waals surface area contributed by atoms with Gasteiger partial charge >= 0.3 is 29.6 Å². The molecule has 0 aliphatic carbocycles. The van der Waals surface area contributed by atoms with Crippen molar-refractivity contribution in [2.45, 2.75) is 57.8 Å². The second kappa shape index (κ2) is 11.8. The van der Waals surface area contributed by atoms with Gasteiger partial charge in [-0.2, -0.15) is 0 Å². The van der Waals surface area contributed by atoms with Gasteiger partial charge in [0, 0.05) is 12.2 Å². The largest absolute Gasteiger partial charge is 1.00 e. The van der Waals surface area contributed by atoms with Crippen molar-refractivity contribution in [3.63, 3.8) is 0 Å². The average Bonchev–Trinajstić information content (AvgIpc) is 2.13. The van der Waals surface area contributed by atoms with Crippen molar-refractivity contribution in [3.05, 3.63) is 0 Å². The van der Waals surface area contributed by atoms with Gasteiger partial charge in [-0.15, -0.1) is 0 Å². The molecule has 0 aromatic carbocycles. The minimum Gasteiger partial charge on any atom is -0.748 e. The zero-order valence-corrected chi connectivity index (χ0v) is 13.1. The van der Waals surface area contributed by atoms with Crippen molar-refractivity contribution in [3.8, 4) is 0 Å². The molecule has 98 valence electrons. The molecule has 0 saturated carbocycles. The Morgan fingerprint density at radius 1 is 0.882 bits per heavy atom. The summed E-state index contributed by atoms with van der Waals surface area (Å²) in [5.74, 6) is -0.293. The summed E-state index contributed by atoms with van der Waals surface area (Å²) in [7, 11) is -4.07. The number of alkyl halides is 2. The van der Waals surface area contributed by atoms with Crippen LogP contribution in [0.4, 0.5) is 8.78 Å². The van der Waals surface area contributed by atoms with Crippen LogP contribution in [-0.4, -0.2) is 25.1 Å². The van der Waals surface area contributed by atoms with Crippen LogP contribution in [0.5, 0.6) is 0 Å². The van der Waals surface area contributed by atoms with Crippen LogP contribution in [0.25, 0.3) is 0 Å². The summed E-state index contributed by atoms with van der Waals surface area (Å²) >= 11 is 0. The molecule has 0 saturated heterocycles. The molecule has 0 heterocycles. The maximum absolute atomic E-state index is 11.7. The standard InChI is InChI=1S/C10H20F2O3S.Na/c11-10(12)8-6-4-2-1-3-5-7-9-16(13,14)15;/h10H,1-9H2,(H,13,14,15);/q;+1/p-1. The molecular weight excluding hydrogens is 261 g/mol. The SMILES string of the molecule is O=S(=O)([O-])CCCCCCCCCC(F)F.[Na+]. The number of hydrogen-bond donors (Lipinski definition) is 0. The topological polar surface area (TPSA) is 57.2 Å². The summed E-state index contributed by atoms with van der Waals surface area (Å²) in [5.41, 5.74) is 0. The summed E-state index contributed by atoms with van der Waals surface area (Å²) in [6.45, 7) is 0. The van der Waals surface area contributed by atoms with Crippen molar-refractivity contribution in [2.24, 2.45) is 0 Å². The number of hydrogen-bond acceptors (Lipinski definition) is 3. The van der Waals surface area contributed by atoms with Crippen LogP contribution in [0.15, 0.2) is 0 Å². The van der Waals surface area contributed by atoms with E-state index in [1.807, 2.05) is 0 Å². The molecule has 0 fully saturated rings. The summed E-state index contributed by atoms with van der Waals surface area (Å²) in [4.78, 5) is 0. The fraction of sp³-hybridized carbons (Fsp3) is 1.00. The number of halogens is 2. The predicted molar refractivity (Wildman–Crippen MR) is 57.5 cm³/mol. The third-order valence-corrected chi connectivity index (χ3v) is 3.11. The maximum atomic E-state index is 11.7. The van der Waals surface area contributed by atoms with Gasteiger partial charge in [0.25, 0.3) is 0 Å². The first-order valence-electron chi connectivity index (χ1n) is 5.63. The summed E-state index contributed by atoms with van der Waals surface area (Å²) in [5, 5.41) is 0. The van der Waals surface area contributed by atoms with E-state index < -0.39 is 16.5 Å². The molecule has 0 amide bonds. The summed E-state index contributed by atoms with van der Waals surface area (Å²) in [6, 6.07) is 0. The van der Waals surface area contributed by atoms with Crippen LogP contribution in [0.2, 0.25) is 0 Å². The fourth-order valence-electron chi connectivity index (χ4n) is 1.46. The molecule has 0 aliphatic heterocycles. The molecule has 17 heavy (non-hydrogen) atoms. The summed E-state index contributed by atoms with van der Waals surface area (Å²) < 4.78 is 54.2. The third kappa shape index (κ3) is 19.3. The molecule has 0 rings (SSSR count). The Labute approximate surface area is 124 Å². The third-order valence-electron chi connectivity index (χ3n) is 2.32. The van der Waals surface area contributed by atoms with Gasteiger partial charge in [0.15, 0.2) is 0 Å². The van der Waals surface area contributed by atoms with E-state index in [0.717, 1.165) is 32.1 Å². The Kier molecular flexibility index (Phi) is 14.0. The molecule has 3 nitrogen and oxygen atoms in total. The van der Waals surface area contributed by atoms with Gasteiger partial charge in [-0.3, -0.25) is 0 Å². The van der Waals surface area contributed by atoms with Crippen LogP contribution in [-0.2, 0) is 10.1 Å². The maximum Gasteiger partial charge on any atom is 1.00 e. The van der Waals surface area contributed by atoms with Crippen molar-refractivity contribution in [1.29, 1.82) is 0 Å². The Balaban J connectivity index is 0. The smallest absolute Gasteiger partial charge is 0.748 e. The van der Waals surface area contributed by atoms with Gasteiger partial charge in [-0.05, 0) is 12.8 Å². The molecule has 0 spiro atoms. The van der Waals surface area contributed by atoms with E-state index in [1.54, 1.807) is 0 Å². The van der Waals surface area contributed by atoms with Crippen LogP contribution >= 0.6 is 0 Å². The van der Waals surface area contributed by atoms with Crippen molar-refractivity contribution >= 4 is 10.1 Å². The van der Waals surface area contributed by atoms with Crippen molar-refractivity contribution < 1.29 is 51.3 Å². The van der Waals surface area contributed by atoms with Gasteiger partial charge in [0.1, 0.15) is 0 Å². The van der Waals surface area contributed by atoms with E-state index in [2.05, 4.69) is 0 Å². The van der Waals surface area contributed by atoms with Crippen molar-refractivity contribution in [2.75, 3.05) is 5.75 Å². The zero-order chi connectivity index (χ0) is 12.4.